The van der Waals surface area contributed by atoms with Gasteiger partial charge in [0, 0.05) is 14.0 Å². The number of amides is 1. The van der Waals surface area contributed by atoms with Crippen molar-refractivity contribution in [2.45, 2.75) is 26.8 Å². The molecule has 5 nitrogen and oxygen atoms in total. The van der Waals surface area contributed by atoms with Crippen LogP contribution in [0, 0.1) is 0 Å². The van der Waals surface area contributed by atoms with E-state index in [-0.39, 0.29) is 12.5 Å². The van der Waals surface area contributed by atoms with Gasteiger partial charge < -0.3 is 15.8 Å². The molecule has 0 saturated heterocycles. The molecule has 1 amide bonds. The van der Waals surface area contributed by atoms with E-state index in [1.54, 1.807) is 0 Å². The third-order valence-electron chi connectivity index (χ3n) is 1.05. The lowest BCUT2D eigenvalue weighted by molar-refractivity contribution is -0.142. The average molecular weight is 190 g/mol. The Balaban J connectivity index is 0. The highest BCUT2D eigenvalue weighted by Crippen LogP contribution is 1.82. The molecule has 0 spiro atoms. The van der Waals surface area contributed by atoms with Gasteiger partial charge in [-0.15, -0.1) is 0 Å². The van der Waals surface area contributed by atoms with Crippen molar-refractivity contribution in [1.82, 2.24) is 5.32 Å². The van der Waals surface area contributed by atoms with E-state index in [1.807, 2.05) is 13.8 Å². The van der Waals surface area contributed by atoms with Crippen LogP contribution in [-0.4, -0.2) is 31.6 Å². The first-order chi connectivity index (χ1) is 6.07. The summed E-state index contributed by atoms with van der Waals surface area (Å²) in [6.07, 6.45) is 0. The van der Waals surface area contributed by atoms with Crippen LogP contribution in [0.1, 0.15) is 20.8 Å². The molecule has 0 heterocycles. The van der Waals surface area contributed by atoms with Gasteiger partial charge in [-0.1, -0.05) is 13.8 Å². The molecule has 3 N–H and O–H groups in total. The number of ether oxygens (including phenoxy) is 1. The molecule has 0 radical (unpaired) electrons. The highest BCUT2D eigenvalue weighted by Gasteiger charge is 2.11. The van der Waals surface area contributed by atoms with E-state index in [9.17, 15) is 9.59 Å². The maximum Gasteiger partial charge on any atom is 0.302 e. The lowest BCUT2D eigenvalue weighted by atomic mass is 10.3. The first kappa shape index (κ1) is 14.4. The van der Waals surface area contributed by atoms with Crippen LogP contribution >= 0.6 is 0 Å². The lowest BCUT2D eigenvalue weighted by Crippen LogP contribution is -2.42. The van der Waals surface area contributed by atoms with E-state index in [2.05, 4.69) is 10.1 Å². The average Bonchev–Trinajstić information content (AvgIpc) is 2.16. The zero-order valence-electron chi connectivity index (χ0n) is 8.59. The summed E-state index contributed by atoms with van der Waals surface area (Å²) in [7, 11) is 1.47. The zero-order chi connectivity index (χ0) is 10.9. The number of hydrogen-bond donors (Lipinski definition) is 2. The summed E-state index contributed by atoms with van der Waals surface area (Å²) in [5, 5.41) is 2.33. The standard InChI is InChI=1S/C6H12N2O3.C2H6/c1-4(9)11-3-5(7)6(10)8-2;1-2/h5H,3,7H2,1-2H3,(H,8,10);1-2H3. The lowest BCUT2D eigenvalue weighted by Gasteiger charge is -2.08. The molecule has 0 aliphatic carbocycles. The van der Waals surface area contributed by atoms with Crippen molar-refractivity contribution < 1.29 is 14.3 Å². The Morgan fingerprint density at radius 2 is 1.92 bits per heavy atom. The van der Waals surface area contributed by atoms with Gasteiger partial charge in [-0.2, -0.15) is 0 Å². The minimum absolute atomic E-state index is 0.0744. The molecule has 0 saturated carbocycles. The molecule has 0 aromatic heterocycles. The van der Waals surface area contributed by atoms with Crippen molar-refractivity contribution in [3.05, 3.63) is 0 Å². The van der Waals surface area contributed by atoms with E-state index >= 15 is 0 Å². The molecule has 78 valence electrons. The maximum absolute atomic E-state index is 10.7. The Morgan fingerprint density at radius 3 is 2.23 bits per heavy atom. The maximum atomic E-state index is 10.7. The molecular formula is C8H18N2O3. The molecule has 13 heavy (non-hydrogen) atoms. The first-order valence-electron chi connectivity index (χ1n) is 4.18. The Kier molecular flexibility index (Phi) is 9.98. The van der Waals surface area contributed by atoms with Crippen LogP contribution in [0.3, 0.4) is 0 Å². The van der Waals surface area contributed by atoms with Gasteiger partial charge in [0.15, 0.2) is 0 Å². The zero-order valence-corrected chi connectivity index (χ0v) is 8.59. The number of carbonyl (C=O) groups is 2. The second-order valence-electron chi connectivity index (χ2n) is 2.02. The molecular weight excluding hydrogens is 172 g/mol. The van der Waals surface area contributed by atoms with E-state index in [0.29, 0.717) is 0 Å². The number of nitrogens with one attached hydrogen (secondary N) is 1. The van der Waals surface area contributed by atoms with Gasteiger partial charge in [-0.25, -0.2) is 0 Å². The number of likely N-dealkylation sites (N-methyl/N-ethyl adjacent to an activating group) is 1. The summed E-state index contributed by atoms with van der Waals surface area (Å²) in [4.78, 5) is 20.9. The highest BCUT2D eigenvalue weighted by atomic mass is 16.5. The van der Waals surface area contributed by atoms with Crippen molar-refractivity contribution in [3.63, 3.8) is 0 Å². The van der Waals surface area contributed by atoms with Crippen molar-refractivity contribution in [3.8, 4) is 0 Å². The molecule has 0 bridgehead atoms. The second kappa shape index (κ2) is 8.99. The number of nitrogens with two attached hydrogens (primary N) is 1. The third kappa shape index (κ3) is 8.81. The van der Waals surface area contributed by atoms with Gasteiger partial charge in [0.2, 0.25) is 5.91 Å². The van der Waals surface area contributed by atoms with Gasteiger partial charge in [-0.05, 0) is 0 Å². The molecule has 0 rings (SSSR count). The van der Waals surface area contributed by atoms with Crippen molar-refractivity contribution in [2.75, 3.05) is 13.7 Å². The quantitative estimate of drug-likeness (QED) is 0.596. The minimum atomic E-state index is -0.774. The summed E-state index contributed by atoms with van der Waals surface area (Å²) in [6, 6.07) is -0.774. The Hall–Kier alpha value is -1.10. The van der Waals surface area contributed by atoms with Crippen molar-refractivity contribution in [1.29, 1.82) is 0 Å². The topological polar surface area (TPSA) is 81.4 Å². The van der Waals surface area contributed by atoms with E-state index in [1.165, 1.54) is 14.0 Å². The molecule has 5 heteroatoms. The summed E-state index contributed by atoms with van der Waals surface area (Å²) in [6.45, 7) is 5.19. The number of hydrogen-bond acceptors (Lipinski definition) is 4. The molecule has 0 aliphatic rings. The highest BCUT2D eigenvalue weighted by molar-refractivity contribution is 5.81. The summed E-state index contributed by atoms with van der Waals surface area (Å²) in [5.41, 5.74) is 5.29. The van der Waals surface area contributed by atoms with Gasteiger partial charge in [-0.3, -0.25) is 9.59 Å². The van der Waals surface area contributed by atoms with Crippen molar-refractivity contribution in [2.24, 2.45) is 5.73 Å². The molecule has 0 aromatic rings. The molecule has 1 unspecified atom stereocenters. The fourth-order valence-electron chi connectivity index (χ4n) is 0.468. The summed E-state index contributed by atoms with van der Waals surface area (Å²) >= 11 is 0. The van der Waals surface area contributed by atoms with Crippen LogP contribution < -0.4 is 11.1 Å². The molecule has 0 aromatic carbocycles. The normalized spacial score (nSPS) is 10.5. The molecule has 0 aliphatic heterocycles. The first-order valence-corrected chi connectivity index (χ1v) is 4.18. The van der Waals surface area contributed by atoms with E-state index in [4.69, 9.17) is 5.73 Å². The van der Waals surface area contributed by atoms with Crippen LogP contribution in [0.4, 0.5) is 0 Å². The number of esters is 1. The van der Waals surface area contributed by atoms with Crippen molar-refractivity contribution >= 4 is 11.9 Å². The number of rotatable bonds is 3. The molecule has 1 atom stereocenters. The van der Waals surface area contributed by atoms with Gasteiger partial charge in [0.05, 0.1) is 0 Å². The summed E-state index contributed by atoms with van der Waals surface area (Å²) in [5.74, 6) is -0.782. The number of carbonyl (C=O) groups excluding carboxylic acids is 2. The molecule has 0 fully saturated rings. The third-order valence-corrected chi connectivity index (χ3v) is 1.05. The Bertz CT molecular complexity index is 159. The SMILES string of the molecule is CC.CNC(=O)C(N)COC(C)=O. The Morgan fingerprint density at radius 1 is 1.46 bits per heavy atom. The fourth-order valence-corrected chi connectivity index (χ4v) is 0.468. The van der Waals surface area contributed by atoms with Gasteiger partial charge in [0.1, 0.15) is 12.6 Å². The second-order valence-corrected chi connectivity index (χ2v) is 2.02. The predicted octanol–water partition coefficient (Wildman–Crippen LogP) is -0.351. The van der Waals surface area contributed by atoms with Crippen LogP contribution in [-0.2, 0) is 14.3 Å². The fraction of sp³-hybridized carbons (Fsp3) is 0.750. The predicted molar refractivity (Wildman–Crippen MR) is 50.0 cm³/mol. The largest absolute Gasteiger partial charge is 0.464 e. The van der Waals surface area contributed by atoms with Crippen LogP contribution in [0.5, 0.6) is 0 Å². The van der Waals surface area contributed by atoms with Gasteiger partial charge in [0.25, 0.3) is 0 Å². The van der Waals surface area contributed by atoms with E-state index < -0.39 is 12.0 Å². The van der Waals surface area contributed by atoms with Crippen LogP contribution in [0.2, 0.25) is 0 Å². The smallest absolute Gasteiger partial charge is 0.302 e. The van der Waals surface area contributed by atoms with E-state index in [0.717, 1.165) is 0 Å². The van der Waals surface area contributed by atoms with Crippen LogP contribution in [0.25, 0.3) is 0 Å². The van der Waals surface area contributed by atoms with Gasteiger partial charge >= 0.3 is 5.97 Å². The minimum Gasteiger partial charge on any atom is -0.464 e. The Labute approximate surface area is 78.6 Å². The summed E-state index contributed by atoms with van der Waals surface area (Å²) < 4.78 is 4.50. The monoisotopic (exact) mass is 190 g/mol. The van der Waals surface area contributed by atoms with Crippen LogP contribution in [0.15, 0.2) is 0 Å².